The highest BCUT2D eigenvalue weighted by Gasteiger charge is 2.68. The van der Waals surface area contributed by atoms with Crippen LogP contribution < -0.4 is 9.80 Å². The molecule has 6 atom stereocenters. The predicted molar refractivity (Wildman–Crippen MR) is 214 cm³/mol. The Morgan fingerprint density at radius 1 is 0.912 bits per heavy atom. The summed E-state index contributed by atoms with van der Waals surface area (Å²) in [6, 6.07) is 14.7. The van der Waals surface area contributed by atoms with E-state index >= 15 is 4.79 Å². The maximum atomic E-state index is 15.2. The number of carbonyl (C=O) groups is 5. The van der Waals surface area contributed by atoms with E-state index in [-0.39, 0.29) is 29.8 Å². The van der Waals surface area contributed by atoms with E-state index in [1.807, 2.05) is 43.3 Å². The number of phenols is 2. The normalized spacial score (nSPS) is 25.6. The zero-order valence-corrected chi connectivity index (χ0v) is 33.1. The third-order valence-electron chi connectivity index (χ3n) is 12.8. The van der Waals surface area contributed by atoms with Crippen molar-refractivity contribution in [3.63, 3.8) is 0 Å². The Morgan fingerprint density at radius 3 is 2.32 bits per heavy atom. The number of fused-ring (bicyclic) bond motifs is 5. The standard InChI is InChI=1S/C43H37ClN4O8S/c1-18-12-21(13-19(2)36(18)50)35-24-9-10-26-34(40(53)47(38(26)51)23-7-8-25(41(54)55)31(49)15-23)28(24)16-29-39(52)48(42(56)43(29,35)4)33-17-30(45-46(33)5)37-20(3)27-14-22(44)6-11-32(27)57-37/h6-9,11-15,17,26,28-29,34-35,49-50H,10,16H2,1-5H3,(H,54,55)/t26-,28+,29-,34-,35-,43+/m0/s1. The first-order chi connectivity index (χ1) is 27.0. The van der Waals surface area contributed by atoms with Crippen LogP contribution in [0.2, 0.25) is 5.02 Å². The van der Waals surface area contributed by atoms with Crippen LogP contribution in [0, 0.1) is 49.9 Å². The number of nitrogens with zero attached hydrogens (tertiary/aromatic N) is 4. The topological polar surface area (TPSA) is 170 Å². The second-order valence-electron chi connectivity index (χ2n) is 15.9. The number of thiophene rings is 1. The number of halogens is 1. The van der Waals surface area contributed by atoms with Gasteiger partial charge in [-0.25, -0.2) is 14.6 Å². The highest BCUT2D eigenvalue weighted by Crippen LogP contribution is 2.64. The molecule has 0 spiro atoms. The minimum atomic E-state index is -1.36. The van der Waals surface area contributed by atoms with Crippen molar-refractivity contribution in [2.24, 2.45) is 36.1 Å². The zero-order valence-electron chi connectivity index (χ0n) is 31.5. The lowest BCUT2D eigenvalue weighted by Crippen LogP contribution is -2.49. The summed E-state index contributed by atoms with van der Waals surface area (Å²) in [6.45, 7) is 7.34. The number of allylic oxidation sites excluding steroid dienone is 2. The number of benzene rings is 3. The molecule has 0 bridgehead atoms. The Balaban J connectivity index is 1.15. The van der Waals surface area contributed by atoms with Gasteiger partial charge in [-0.1, -0.05) is 35.4 Å². The number of rotatable bonds is 5. The first-order valence-corrected chi connectivity index (χ1v) is 19.8. The average molecular weight is 805 g/mol. The summed E-state index contributed by atoms with van der Waals surface area (Å²) in [4.78, 5) is 73.3. The highest BCUT2D eigenvalue weighted by molar-refractivity contribution is 7.22. The number of hydrogen-bond acceptors (Lipinski definition) is 9. The van der Waals surface area contributed by atoms with Crippen molar-refractivity contribution in [1.82, 2.24) is 9.78 Å². The first-order valence-electron chi connectivity index (χ1n) is 18.6. The number of imide groups is 2. The maximum Gasteiger partial charge on any atom is 0.339 e. The van der Waals surface area contributed by atoms with Crippen LogP contribution in [-0.2, 0) is 26.2 Å². The van der Waals surface area contributed by atoms with E-state index in [0.717, 1.165) is 43.1 Å². The molecule has 0 radical (unpaired) electrons. The van der Waals surface area contributed by atoms with Gasteiger partial charge in [-0.05, 0) is 104 Å². The van der Waals surface area contributed by atoms with Gasteiger partial charge >= 0.3 is 5.97 Å². The van der Waals surface area contributed by atoms with E-state index < -0.39 is 70.4 Å². The van der Waals surface area contributed by atoms with Crippen LogP contribution in [-0.4, -0.2) is 54.7 Å². The second-order valence-corrected chi connectivity index (χ2v) is 17.4. The molecule has 4 aliphatic rings. The summed E-state index contributed by atoms with van der Waals surface area (Å²) in [5, 5.41) is 37.1. The third-order valence-corrected chi connectivity index (χ3v) is 14.3. The molecule has 5 aromatic rings. The van der Waals surface area contributed by atoms with Gasteiger partial charge in [0.2, 0.25) is 23.6 Å². The monoisotopic (exact) mass is 804 g/mol. The Hall–Kier alpha value is -5.79. The molecule has 2 aromatic heterocycles. The summed E-state index contributed by atoms with van der Waals surface area (Å²) < 4.78 is 2.56. The quantitative estimate of drug-likeness (QED) is 0.121. The molecule has 9 rings (SSSR count). The molecule has 3 aromatic carbocycles. The summed E-state index contributed by atoms with van der Waals surface area (Å²) in [5.74, 6) is -7.22. The van der Waals surface area contributed by atoms with Crippen molar-refractivity contribution in [1.29, 1.82) is 0 Å². The largest absolute Gasteiger partial charge is 0.507 e. The average Bonchev–Trinajstić information content (AvgIpc) is 3.83. The number of hydrogen-bond donors (Lipinski definition) is 3. The Labute approximate surface area is 335 Å². The molecule has 2 aliphatic heterocycles. The Kier molecular flexibility index (Phi) is 8.14. The van der Waals surface area contributed by atoms with Crippen LogP contribution in [0.4, 0.5) is 11.5 Å². The molecule has 290 valence electrons. The Morgan fingerprint density at radius 2 is 1.63 bits per heavy atom. The summed E-state index contributed by atoms with van der Waals surface area (Å²) in [7, 11) is 1.69. The molecule has 3 N–H and O–H groups in total. The molecule has 4 heterocycles. The molecule has 0 unspecified atom stereocenters. The predicted octanol–water partition coefficient (Wildman–Crippen LogP) is 7.43. The number of anilines is 2. The molecular weight excluding hydrogens is 768 g/mol. The van der Waals surface area contributed by atoms with Gasteiger partial charge in [-0.3, -0.25) is 23.9 Å². The van der Waals surface area contributed by atoms with Crippen LogP contribution in [0.15, 0.2) is 66.2 Å². The third kappa shape index (κ3) is 5.10. The number of aromatic nitrogens is 2. The Bertz CT molecular complexity index is 2690. The minimum absolute atomic E-state index is 0.0488. The van der Waals surface area contributed by atoms with Crippen molar-refractivity contribution in [3.05, 3.63) is 99.1 Å². The van der Waals surface area contributed by atoms with E-state index in [1.54, 1.807) is 45.2 Å². The lowest BCUT2D eigenvalue weighted by molar-refractivity contribution is -0.131. The van der Waals surface area contributed by atoms with Crippen molar-refractivity contribution in [2.75, 3.05) is 9.80 Å². The van der Waals surface area contributed by atoms with E-state index in [1.165, 1.54) is 15.6 Å². The number of amides is 4. The molecular formula is C43H37ClN4O8S. The number of carboxylic acid groups (broad SMARTS) is 1. The number of aromatic carboxylic acids is 1. The van der Waals surface area contributed by atoms with Crippen LogP contribution >= 0.6 is 22.9 Å². The van der Waals surface area contributed by atoms with Crippen molar-refractivity contribution >= 4 is 74.1 Å². The number of carboxylic acids is 1. The lowest BCUT2D eigenvalue weighted by Gasteiger charge is -2.49. The van der Waals surface area contributed by atoms with Crippen molar-refractivity contribution < 1.29 is 39.3 Å². The van der Waals surface area contributed by atoms with Gasteiger partial charge in [-0.15, -0.1) is 11.3 Å². The van der Waals surface area contributed by atoms with E-state index in [2.05, 4.69) is 0 Å². The highest BCUT2D eigenvalue weighted by atomic mass is 35.5. The second kappa shape index (κ2) is 12.6. The molecule has 2 saturated heterocycles. The molecule has 3 fully saturated rings. The van der Waals surface area contributed by atoms with Crippen LogP contribution in [0.25, 0.3) is 20.7 Å². The van der Waals surface area contributed by atoms with Crippen LogP contribution in [0.5, 0.6) is 11.5 Å². The van der Waals surface area contributed by atoms with Gasteiger partial charge in [0.15, 0.2) is 0 Å². The van der Waals surface area contributed by atoms with Gasteiger partial charge in [0.1, 0.15) is 28.6 Å². The fourth-order valence-electron chi connectivity index (χ4n) is 10.1. The molecule has 14 heteroatoms. The molecule has 1 saturated carbocycles. The zero-order chi connectivity index (χ0) is 40.6. The van der Waals surface area contributed by atoms with Crippen molar-refractivity contribution in [2.45, 2.75) is 46.5 Å². The van der Waals surface area contributed by atoms with Gasteiger partial charge in [0, 0.05) is 34.8 Å². The van der Waals surface area contributed by atoms with Crippen molar-refractivity contribution in [3.8, 4) is 22.1 Å². The fourth-order valence-corrected chi connectivity index (χ4v) is 11.4. The van der Waals surface area contributed by atoms with E-state index in [4.69, 9.17) is 16.7 Å². The maximum absolute atomic E-state index is 15.2. The minimum Gasteiger partial charge on any atom is -0.507 e. The van der Waals surface area contributed by atoms with E-state index in [0.29, 0.717) is 33.2 Å². The number of carbonyl (C=O) groups excluding carboxylic acids is 4. The summed E-state index contributed by atoms with van der Waals surface area (Å²) in [6.07, 6.45) is 2.25. The SMILES string of the molecule is Cc1cc([C@H]2C3=CC[C@@H]4C(=O)N(c5ccc(C(=O)O)c(O)c5)C(=O)[C@@H]4[C@@H]3C[C@H]3C(=O)N(c4cc(-c5sc6ccc(Cl)cc6c5C)nn4C)C(=O)[C@@]23C)cc(C)c1O. The molecule has 12 nitrogen and oxygen atoms in total. The van der Waals surface area contributed by atoms with Crippen LogP contribution in [0.3, 0.4) is 0 Å². The van der Waals surface area contributed by atoms with Gasteiger partial charge in [0.25, 0.3) is 0 Å². The first kappa shape index (κ1) is 36.8. The summed E-state index contributed by atoms with van der Waals surface area (Å²) >= 11 is 7.86. The number of phenolic OH excluding ortho intramolecular Hbond substituents is 1. The van der Waals surface area contributed by atoms with Gasteiger partial charge in [0.05, 0.1) is 33.7 Å². The molecule has 4 amide bonds. The lowest BCUT2D eigenvalue weighted by atomic mass is 9.51. The molecule has 2 aliphatic carbocycles. The van der Waals surface area contributed by atoms with E-state index in [9.17, 15) is 34.5 Å². The number of aromatic hydroxyl groups is 2. The van der Waals surface area contributed by atoms with Crippen LogP contribution in [0.1, 0.15) is 58.3 Å². The van der Waals surface area contributed by atoms with Gasteiger partial charge in [-0.2, -0.15) is 5.10 Å². The summed E-state index contributed by atoms with van der Waals surface area (Å²) in [5.41, 5.74) is 2.61. The smallest absolute Gasteiger partial charge is 0.339 e. The molecule has 57 heavy (non-hydrogen) atoms. The number of aryl methyl sites for hydroxylation is 4. The fraction of sp³-hybridized carbons (Fsp3) is 0.302. The van der Waals surface area contributed by atoms with Gasteiger partial charge < -0.3 is 15.3 Å².